The third kappa shape index (κ3) is 20.7. The maximum Gasteiger partial charge on any atom is 0.422 e. The molecule has 608 valence electrons. The van der Waals surface area contributed by atoms with Crippen LogP contribution in [0.4, 0.5) is 35.1 Å². The number of ether oxygens (including phenoxy) is 1. The van der Waals surface area contributed by atoms with E-state index in [1.807, 2.05) is 6.92 Å². The zero-order chi connectivity index (χ0) is 81.2. The third-order valence-electron chi connectivity index (χ3n) is 22.8. The van der Waals surface area contributed by atoms with Gasteiger partial charge in [-0.15, -0.1) is 0 Å². The molecule has 12 amide bonds. The topological polar surface area (TPSA) is 279 Å². The molecule has 3 aliphatic heterocycles. The summed E-state index contributed by atoms with van der Waals surface area (Å²) in [5.41, 5.74) is -5.24. The molecular weight excluding hydrogens is 1450 g/mol. The minimum Gasteiger partial charge on any atom is -0.377 e. The van der Waals surface area contributed by atoms with Crippen molar-refractivity contribution in [2.24, 2.45) is 17.8 Å². The predicted molar refractivity (Wildman–Crippen MR) is 386 cm³/mol. The van der Waals surface area contributed by atoms with Crippen LogP contribution in [-0.4, -0.2) is 264 Å². The van der Waals surface area contributed by atoms with Crippen molar-refractivity contribution in [3.63, 3.8) is 0 Å². The quantitative estimate of drug-likeness (QED) is 0.131. The first-order chi connectivity index (χ1) is 51.8. The average Bonchev–Trinajstić information content (AvgIpc) is 1.04. The smallest absolute Gasteiger partial charge is 0.377 e. The van der Waals surface area contributed by atoms with Gasteiger partial charge in [-0.25, -0.2) is 8.78 Å². The van der Waals surface area contributed by atoms with Crippen LogP contribution in [0.5, 0.6) is 0 Å². The number of nitrogens with one attached hydrogen (secondary N) is 3. The second-order valence-electron chi connectivity index (χ2n) is 30.6. The van der Waals surface area contributed by atoms with Crippen molar-refractivity contribution >= 4 is 70.9 Å². The van der Waals surface area contributed by atoms with E-state index in [0.29, 0.717) is 57.1 Å². The van der Waals surface area contributed by atoms with E-state index >= 15 is 42.3 Å². The molecule has 3 saturated carbocycles. The zero-order valence-electron chi connectivity index (χ0n) is 64.6. The molecule has 2 bridgehead atoms. The molecule has 2 saturated heterocycles. The molecular formula is C77H106F8N12O13. The Labute approximate surface area is 636 Å². The maximum atomic E-state index is 15.7. The lowest BCUT2D eigenvalue weighted by atomic mass is 9.74. The molecule has 0 radical (unpaired) electrons. The molecule has 10 atom stereocenters. The van der Waals surface area contributed by atoms with Crippen LogP contribution in [0.25, 0.3) is 0 Å². The summed E-state index contributed by atoms with van der Waals surface area (Å²) in [6.45, 7) is 5.02. The minimum atomic E-state index is -5.46. The van der Waals surface area contributed by atoms with E-state index in [1.165, 1.54) is 57.0 Å². The van der Waals surface area contributed by atoms with Crippen LogP contribution in [0.1, 0.15) is 159 Å². The predicted octanol–water partition coefficient (Wildman–Crippen LogP) is 6.27. The molecule has 0 aromatic heterocycles. The molecule has 3 aliphatic carbocycles. The Kier molecular flexibility index (Phi) is 29.2. The van der Waals surface area contributed by atoms with Gasteiger partial charge in [0.15, 0.2) is 0 Å². The van der Waals surface area contributed by atoms with Crippen molar-refractivity contribution in [3.8, 4) is 0 Å². The monoisotopic (exact) mass is 1560 g/mol. The molecule has 6 aliphatic rings. The van der Waals surface area contributed by atoms with Crippen LogP contribution in [0.2, 0.25) is 0 Å². The summed E-state index contributed by atoms with van der Waals surface area (Å²) < 4.78 is 120. The summed E-state index contributed by atoms with van der Waals surface area (Å²) in [4.78, 5) is 192. The van der Waals surface area contributed by atoms with Crippen LogP contribution >= 0.6 is 0 Å². The fraction of sp³-hybridized carbons (Fsp3) is 0.662. The SMILES string of the molecule is CCCN(C)C(=O)[C@@H]1CC(=O)N(C)[C@@H](CC2CC2)C(=O)N[C@@H]([C@@H](C)CC)C(=O)N(C)CC(=O)N(C)[C@H]2C/C=C\CCN(C2=O)[C@@H](Cc2ccc(C(F)(F)F)cc2)C(=O)N(C)CC(=O)N[C@@H](CCc2cc(F)c(C(F)(F)F)c(F)c2)C(=O)N2C[C@H](OCC)C[C@H]2C(=O)NC2(CCC2)C(=O)N(C)[C@@H](C2CCCC2)C(=O)N1C. The van der Waals surface area contributed by atoms with Crippen LogP contribution < -0.4 is 16.0 Å². The van der Waals surface area contributed by atoms with E-state index in [9.17, 15) is 50.3 Å². The average molecular weight is 1560 g/mol. The van der Waals surface area contributed by atoms with Crippen LogP contribution in [0, 0.1) is 29.4 Å². The molecule has 2 aromatic carbocycles. The summed E-state index contributed by atoms with van der Waals surface area (Å²) in [7, 11) is 9.45. The van der Waals surface area contributed by atoms with E-state index < -0.39 is 222 Å². The van der Waals surface area contributed by atoms with Gasteiger partial charge in [0.1, 0.15) is 71.1 Å². The van der Waals surface area contributed by atoms with Gasteiger partial charge < -0.3 is 64.8 Å². The first-order valence-corrected chi connectivity index (χ1v) is 38.1. The molecule has 25 nitrogen and oxygen atoms in total. The van der Waals surface area contributed by atoms with Gasteiger partial charge in [-0.2, -0.15) is 26.3 Å². The van der Waals surface area contributed by atoms with Gasteiger partial charge in [0, 0.05) is 88.4 Å². The van der Waals surface area contributed by atoms with Crippen LogP contribution in [0.15, 0.2) is 48.6 Å². The van der Waals surface area contributed by atoms with Gasteiger partial charge in [-0.3, -0.25) is 57.5 Å². The van der Waals surface area contributed by atoms with Gasteiger partial charge in [0.05, 0.1) is 31.2 Å². The first-order valence-electron chi connectivity index (χ1n) is 38.1. The molecule has 0 unspecified atom stereocenters. The van der Waals surface area contributed by atoms with E-state index in [1.54, 1.807) is 32.9 Å². The Morgan fingerprint density at radius 3 is 1.88 bits per heavy atom. The number of halogens is 8. The van der Waals surface area contributed by atoms with Crippen molar-refractivity contribution in [3.05, 3.63) is 82.4 Å². The number of rotatable bonds is 15. The molecule has 3 heterocycles. The third-order valence-corrected chi connectivity index (χ3v) is 22.8. The summed E-state index contributed by atoms with van der Waals surface area (Å²) in [6.07, 6.45) is -5.27. The minimum absolute atomic E-state index is 0.00689. The van der Waals surface area contributed by atoms with Crippen molar-refractivity contribution in [1.29, 1.82) is 0 Å². The fourth-order valence-electron chi connectivity index (χ4n) is 15.7. The molecule has 33 heteroatoms. The number of alkyl halides is 6. The van der Waals surface area contributed by atoms with E-state index in [-0.39, 0.29) is 76.2 Å². The lowest BCUT2D eigenvalue weighted by Crippen LogP contribution is -2.68. The van der Waals surface area contributed by atoms with Crippen molar-refractivity contribution in [2.45, 2.75) is 222 Å². The highest BCUT2D eigenvalue weighted by Gasteiger charge is 2.54. The molecule has 3 N–H and O–H groups in total. The van der Waals surface area contributed by atoms with Gasteiger partial charge in [0.25, 0.3) is 0 Å². The molecule has 8 rings (SSSR count). The summed E-state index contributed by atoms with van der Waals surface area (Å²) in [5.74, 6) is -14.9. The van der Waals surface area contributed by atoms with Crippen LogP contribution in [-0.2, 0) is 87.5 Å². The lowest BCUT2D eigenvalue weighted by molar-refractivity contribution is -0.158. The molecule has 110 heavy (non-hydrogen) atoms. The number of nitrogens with zero attached hydrogens (tertiary/aromatic N) is 9. The highest BCUT2D eigenvalue weighted by atomic mass is 19.4. The summed E-state index contributed by atoms with van der Waals surface area (Å²) in [5, 5.41) is 8.33. The highest BCUT2D eigenvalue weighted by Crippen LogP contribution is 2.40. The summed E-state index contributed by atoms with van der Waals surface area (Å²) >= 11 is 0. The normalized spacial score (nSPS) is 26.5. The van der Waals surface area contributed by atoms with Gasteiger partial charge >= 0.3 is 12.4 Å². The lowest BCUT2D eigenvalue weighted by Gasteiger charge is -2.46. The van der Waals surface area contributed by atoms with E-state index in [4.69, 9.17) is 4.74 Å². The molecule has 2 aromatic rings. The number of carbonyl (C=O) groups excluding carboxylic acids is 12. The largest absolute Gasteiger partial charge is 0.422 e. The van der Waals surface area contributed by atoms with E-state index in [2.05, 4.69) is 16.0 Å². The number of carbonyl (C=O) groups is 12. The van der Waals surface area contributed by atoms with Crippen molar-refractivity contribution < 1.29 is 97.4 Å². The van der Waals surface area contributed by atoms with Gasteiger partial charge in [-0.1, -0.05) is 77.2 Å². The Morgan fingerprint density at radius 2 is 1.31 bits per heavy atom. The maximum absolute atomic E-state index is 15.7. The Hall–Kier alpha value is -8.78. The van der Waals surface area contributed by atoms with Crippen LogP contribution in [0.3, 0.4) is 0 Å². The Bertz CT molecular complexity index is 3710. The highest BCUT2D eigenvalue weighted by molar-refractivity contribution is 6.01. The number of hydrogen-bond donors (Lipinski definition) is 3. The number of benzene rings is 2. The summed E-state index contributed by atoms with van der Waals surface area (Å²) in [6, 6.07) is -7.17. The standard InChI is InChI=1S/C77H106F8N12O13/c1-12-34-89(5)69(104)58-41-61(99)93(9)56(38-46-24-25-46)66(101)87-64(45(4)13-2)72(107)91(7)44-62(100)92(8)55-23-16-15-19-35-96(71(55)106)59(39-47-26-29-50(30-27-47)76(80,81)82)70(105)90(6)43-60(98)86-54(31-28-48-36-52(78)63(53(79)37-48)77(83,84)85)68(103)97-42-51(110-14-3)40-57(97)67(102)88-75(32-20-33-75)74(109)95(11)65(73(108)94(58)10)49-21-17-18-22-49/h15-16,26-27,29-30,36-37,45-46,49,51,54-59,64-65H,12-14,17-25,28,31-35,38-44H2,1-11H3,(H,86,98)(H,87,101)(H,88,102)/b16-15-/t45-,51+,54-,55-,56-,57-,58-,59-,64-,65-/m0/s1. The fourth-order valence-corrected chi connectivity index (χ4v) is 15.7. The second-order valence-corrected chi connectivity index (χ2v) is 30.6. The van der Waals surface area contributed by atoms with Gasteiger partial charge in [-0.05, 0) is 131 Å². The second kappa shape index (κ2) is 37.0. The van der Waals surface area contributed by atoms with E-state index in [0.717, 1.165) is 73.6 Å². The number of likely N-dealkylation sites (N-methyl/N-ethyl adjacent to an activating group) is 7. The zero-order valence-corrected chi connectivity index (χ0v) is 64.6. The van der Waals surface area contributed by atoms with Crippen molar-refractivity contribution in [1.82, 2.24) is 60.0 Å². The number of amides is 12. The number of aryl methyl sites for hydroxylation is 1. The Morgan fingerprint density at radius 1 is 0.673 bits per heavy atom. The van der Waals surface area contributed by atoms with Gasteiger partial charge in [0.2, 0.25) is 70.9 Å². The number of fused-ring (bicyclic) bond motifs is 3. The Balaban J connectivity index is 1.23. The van der Waals surface area contributed by atoms with Crippen molar-refractivity contribution in [2.75, 3.05) is 88.7 Å². The molecule has 5 fully saturated rings. The molecule has 1 spiro atoms. The first kappa shape index (κ1) is 86.8. The number of hydrogen-bond acceptors (Lipinski definition) is 13.